The average Bonchev–Trinajstić information content (AvgIpc) is 2.61. The van der Waals surface area contributed by atoms with Gasteiger partial charge in [-0.15, -0.1) is 0 Å². The van der Waals surface area contributed by atoms with Crippen LogP contribution in [0.1, 0.15) is 17.5 Å². The largest absolute Gasteiger partial charge is 0.493 e. The van der Waals surface area contributed by atoms with Gasteiger partial charge in [-0.2, -0.15) is 0 Å². The van der Waals surface area contributed by atoms with Crippen LogP contribution >= 0.6 is 0 Å². The SMILES string of the molecule is COc1ccc(CC2CC(N)CN(c3cccc(C)c3)C2)cc1OC. The second-order valence-electron chi connectivity index (χ2n) is 7.00. The van der Waals surface area contributed by atoms with E-state index in [1.54, 1.807) is 14.2 Å². The second kappa shape index (κ2) is 7.79. The number of aryl methyl sites for hydroxylation is 1. The fourth-order valence-electron chi connectivity index (χ4n) is 3.77. The summed E-state index contributed by atoms with van der Waals surface area (Å²) in [5.74, 6) is 2.09. The van der Waals surface area contributed by atoms with Gasteiger partial charge in [0, 0.05) is 24.8 Å². The predicted molar refractivity (Wildman–Crippen MR) is 103 cm³/mol. The summed E-state index contributed by atoms with van der Waals surface area (Å²) in [6, 6.07) is 15.1. The zero-order valence-electron chi connectivity index (χ0n) is 15.4. The number of hydrogen-bond acceptors (Lipinski definition) is 4. The molecule has 2 N–H and O–H groups in total. The quantitative estimate of drug-likeness (QED) is 0.906. The number of benzene rings is 2. The van der Waals surface area contributed by atoms with E-state index in [1.165, 1.54) is 16.8 Å². The fourth-order valence-corrected chi connectivity index (χ4v) is 3.77. The molecule has 0 bridgehead atoms. The van der Waals surface area contributed by atoms with Gasteiger partial charge in [-0.3, -0.25) is 0 Å². The van der Waals surface area contributed by atoms with Crippen LogP contribution in [0.25, 0.3) is 0 Å². The number of rotatable bonds is 5. The average molecular weight is 340 g/mol. The maximum atomic E-state index is 6.36. The monoisotopic (exact) mass is 340 g/mol. The van der Waals surface area contributed by atoms with Crippen molar-refractivity contribution in [3.8, 4) is 11.5 Å². The highest BCUT2D eigenvalue weighted by Gasteiger charge is 2.25. The molecule has 0 aromatic heterocycles. The molecule has 1 aliphatic rings. The van der Waals surface area contributed by atoms with E-state index in [2.05, 4.69) is 48.2 Å². The standard InChI is InChI=1S/C21H28N2O2/c1-15-5-4-6-19(9-15)23-13-17(11-18(22)14-23)10-16-7-8-20(24-2)21(12-16)25-3/h4-9,12,17-18H,10-11,13-14,22H2,1-3H3. The summed E-state index contributed by atoms with van der Waals surface area (Å²) >= 11 is 0. The first-order valence-corrected chi connectivity index (χ1v) is 8.87. The van der Waals surface area contributed by atoms with E-state index in [4.69, 9.17) is 15.2 Å². The van der Waals surface area contributed by atoms with Crippen molar-refractivity contribution in [3.63, 3.8) is 0 Å². The number of piperidine rings is 1. The van der Waals surface area contributed by atoms with Gasteiger partial charge in [-0.1, -0.05) is 18.2 Å². The molecule has 2 aromatic rings. The van der Waals surface area contributed by atoms with Crippen molar-refractivity contribution >= 4 is 5.69 Å². The van der Waals surface area contributed by atoms with Crippen molar-refractivity contribution in [2.45, 2.75) is 25.8 Å². The molecule has 0 radical (unpaired) electrons. The molecule has 2 unspecified atom stereocenters. The van der Waals surface area contributed by atoms with Crippen LogP contribution in [0.4, 0.5) is 5.69 Å². The van der Waals surface area contributed by atoms with Gasteiger partial charge < -0.3 is 20.1 Å². The molecule has 1 heterocycles. The Bertz CT molecular complexity index is 717. The third-order valence-corrected chi connectivity index (χ3v) is 4.91. The van der Waals surface area contributed by atoms with Crippen LogP contribution < -0.4 is 20.1 Å². The number of nitrogens with zero attached hydrogens (tertiary/aromatic N) is 1. The molecule has 0 amide bonds. The topological polar surface area (TPSA) is 47.7 Å². The van der Waals surface area contributed by atoms with E-state index in [-0.39, 0.29) is 6.04 Å². The highest BCUT2D eigenvalue weighted by atomic mass is 16.5. The van der Waals surface area contributed by atoms with Crippen LogP contribution in [0.5, 0.6) is 11.5 Å². The zero-order valence-corrected chi connectivity index (χ0v) is 15.4. The van der Waals surface area contributed by atoms with Gasteiger partial charge in [0.25, 0.3) is 0 Å². The number of nitrogens with two attached hydrogens (primary N) is 1. The third kappa shape index (κ3) is 4.26. The van der Waals surface area contributed by atoms with Crippen molar-refractivity contribution in [3.05, 3.63) is 53.6 Å². The lowest BCUT2D eigenvalue weighted by Crippen LogP contribution is -2.47. The Morgan fingerprint density at radius 2 is 1.84 bits per heavy atom. The molecular formula is C21H28N2O2. The van der Waals surface area contributed by atoms with Gasteiger partial charge in [0.05, 0.1) is 14.2 Å². The van der Waals surface area contributed by atoms with E-state index in [9.17, 15) is 0 Å². The van der Waals surface area contributed by atoms with Gasteiger partial charge in [0.15, 0.2) is 11.5 Å². The van der Waals surface area contributed by atoms with Crippen molar-refractivity contribution in [1.29, 1.82) is 0 Å². The van der Waals surface area contributed by atoms with Gasteiger partial charge in [-0.05, 0) is 61.1 Å². The molecule has 134 valence electrons. The first-order chi connectivity index (χ1) is 12.1. The van der Waals surface area contributed by atoms with Crippen molar-refractivity contribution in [1.82, 2.24) is 0 Å². The smallest absolute Gasteiger partial charge is 0.160 e. The lowest BCUT2D eigenvalue weighted by molar-refractivity contribution is 0.352. The minimum atomic E-state index is 0.208. The summed E-state index contributed by atoms with van der Waals surface area (Å²) in [5, 5.41) is 0. The van der Waals surface area contributed by atoms with Crippen molar-refractivity contribution in [2.75, 3.05) is 32.2 Å². The Hall–Kier alpha value is -2.20. The number of hydrogen-bond donors (Lipinski definition) is 1. The molecule has 3 rings (SSSR count). The summed E-state index contributed by atoms with van der Waals surface area (Å²) in [6.07, 6.45) is 2.05. The molecule has 4 heteroatoms. The zero-order chi connectivity index (χ0) is 17.8. The maximum absolute atomic E-state index is 6.36. The lowest BCUT2D eigenvalue weighted by atomic mass is 9.88. The molecule has 1 fully saturated rings. The van der Waals surface area contributed by atoms with Crippen LogP contribution in [-0.4, -0.2) is 33.4 Å². The molecule has 0 spiro atoms. The molecule has 0 saturated carbocycles. The van der Waals surface area contributed by atoms with E-state index < -0.39 is 0 Å². The first-order valence-electron chi connectivity index (χ1n) is 8.87. The predicted octanol–water partition coefficient (Wildman–Crippen LogP) is 3.41. The van der Waals surface area contributed by atoms with Gasteiger partial charge in [0.2, 0.25) is 0 Å². The minimum absolute atomic E-state index is 0.208. The summed E-state index contributed by atoms with van der Waals surface area (Å²) in [7, 11) is 3.34. The molecule has 2 aromatic carbocycles. The highest BCUT2D eigenvalue weighted by molar-refractivity contribution is 5.49. The Morgan fingerprint density at radius 3 is 2.56 bits per heavy atom. The van der Waals surface area contributed by atoms with Crippen LogP contribution in [0.3, 0.4) is 0 Å². The van der Waals surface area contributed by atoms with Crippen molar-refractivity contribution in [2.24, 2.45) is 11.7 Å². The summed E-state index contributed by atoms with van der Waals surface area (Å²) < 4.78 is 10.8. The highest BCUT2D eigenvalue weighted by Crippen LogP contribution is 2.31. The number of ether oxygens (including phenoxy) is 2. The minimum Gasteiger partial charge on any atom is -0.493 e. The van der Waals surface area contributed by atoms with Crippen LogP contribution in [0, 0.1) is 12.8 Å². The summed E-state index contributed by atoms with van der Waals surface area (Å²) in [6.45, 7) is 4.09. The molecule has 0 aliphatic carbocycles. The van der Waals surface area contributed by atoms with Crippen molar-refractivity contribution < 1.29 is 9.47 Å². The Labute approximate surface area is 150 Å². The van der Waals surface area contributed by atoms with E-state index in [0.29, 0.717) is 5.92 Å². The first kappa shape index (κ1) is 17.6. The summed E-state index contributed by atoms with van der Waals surface area (Å²) in [4.78, 5) is 2.42. The third-order valence-electron chi connectivity index (χ3n) is 4.91. The van der Waals surface area contributed by atoms with Gasteiger partial charge >= 0.3 is 0 Å². The van der Waals surface area contributed by atoms with E-state index in [0.717, 1.165) is 37.4 Å². The Kier molecular flexibility index (Phi) is 5.49. The lowest BCUT2D eigenvalue weighted by Gasteiger charge is -2.38. The normalized spacial score (nSPS) is 20.4. The fraction of sp³-hybridized carbons (Fsp3) is 0.429. The number of anilines is 1. The molecule has 1 saturated heterocycles. The Balaban J connectivity index is 1.74. The Morgan fingerprint density at radius 1 is 1.04 bits per heavy atom. The van der Waals surface area contributed by atoms with E-state index >= 15 is 0 Å². The van der Waals surface area contributed by atoms with Gasteiger partial charge in [-0.25, -0.2) is 0 Å². The van der Waals surface area contributed by atoms with Crippen LogP contribution in [-0.2, 0) is 6.42 Å². The number of methoxy groups -OCH3 is 2. The second-order valence-corrected chi connectivity index (χ2v) is 7.00. The van der Waals surface area contributed by atoms with Crippen LogP contribution in [0.15, 0.2) is 42.5 Å². The van der Waals surface area contributed by atoms with Crippen LogP contribution in [0.2, 0.25) is 0 Å². The maximum Gasteiger partial charge on any atom is 0.160 e. The summed E-state index contributed by atoms with van der Waals surface area (Å²) in [5.41, 5.74) is 10.2. The molecule has 2 atom stereocenters. The van der Waals surface area contributed by atoms with Gasteiger partial charge in [0.1, 0.15) is 0 Å². The molecular weight excluding hydrogens is 312 g/mol. The molecule has 4 nitrogen and oxygen atoms in total. The van der Waals surface area contributed by atoms with E-state index in [1.807, 2.05) is 6.07 Å². The molecule has 25 heavy (non-hydrogen) atoms. The molecule has 1 aliphatic heterocycles.